The zero-order chi connectivity index (χ0) is 17.1. The molecule has 0 bridgehead atoms. The first kappa shape index (κ1) is 16.1. The highest BCUT2D eigenvalue weighted by Gasteiger charge is 2.25. The van der Waals surface area contributed by atoms with Gasteiger partial charge in [0.05, 0.1) is 7.11 Å². The van der Waals surface area contributed by atoms with Gasteiger partial charge in [0.25, 0.3) is 0 Å². The molecule has 1 aliphatic rings. The van der Waals surface area contributed by atoms with Gasteiger partial charge in [-0.3, -0.25) is 0 Å². The molecule has 1 saturated heterocycles. The van der Waals surface area contributed by atoms with Crippen molar-refractivity contribution in [1.82, 2.24) is 15.6 Å². The number of methoxy groups -OCH3 is 1. The molecule has 1 aliphatic heterocycles. The van der Waals surface area contributed by atoms with E-state index in [2.05, 4.69) is 45.9 Å². The molecular formula is C20H23N3O2. The van der Waals surface area contributed by atoms with E-state index in [-0.39, 0.29) is 0 Å². The van der Waals surface area contributed by atoms with Gasteiger partial charge in [0, 0.05) is 30.3 Å². The fourth-order valence-electron chi connectivity index (χ4n) is 3.62. The molecule has 5 nitrogen and oxygen atoms in total. The van der Waals surface area contributed by atoms with E-state index < -0.39 is 0 Å². The van der Waals surface area contributed by atoms with Gasteiger partial charge in [-0.15, -0.1) is 0 Å². The van der Waals surface area contributed by atoms with Crippen molar-refractivity contribution in [2.75, 3.05) is 13.7 Å². The minimum Gasteiger partial charge on any atom is -0.496 e. The minimum absolute atomic E-state index is 0.330. The van der Waals surface area contributed by atoms with E-state index in [1.165, 1.54) is 18.4 Å². The highest BCUT2D eigenvalue weighted by atomic mass is 16.5. The number of benzene rings is 2. The Kier molecular flexibility index (Phi) is 4.68. The van der Waals surface area contributed by atoms with Crippen LogP contribution >= 0.6 is 0 Å². The molecule has 2 N–H and O–H groups in total. The Morgan fingerprint density at radius 3 is 3.00 bits per heavy atom. The topological polar surface area (TPSA) is 59.3 Å². The van der Waals surface area contributed by atoms with Crippen LogP contribution in [-0.4, -0.2) is 24.7 Å². The number of rotatable bonds is 5. The molecule has 1 aromatic heterocycles. The van der Waals surface area contributed by atoms with Crippen molar-refractivity contribution in [2.45, 2.75) is 31.5 Å². The van der Waals surface area contributed by atoms with E-state index in [1.807, 2.05) is 12.1 Å². The molecule has 0 saturated carbocycles. The number of nitrogens with one attached hydrogen (secondary N) is 2. The summed E-state index contributed by atoms with van der Waals surface area (Å²) < 4.78 is 10.9. The second-order valence-electron chi connectivity index (χ2n) is 6.46. The summed E-state index contributed by atoms with van der Waals surface area (Å²) in [6.45, 7) is 1.80. The van der Waals surface area contributed by atoms with Crippen LogP contribution < -0.4 is 15.4 Å². The van der Waals surface area contributed by atoms with Crippen LogP contribution in [0.25, 0.3) is 11.1 Å². The molecule has 2 atom stereocenters. The lowest BCUT2D eigenvalue weighted by Crippen LogP contribution is -2.45. The van der Waals surface area contributed by atoms with E-state index in [0.717, 1.165) is 41.9 Å². The Labute approximate surface area is 147 Å². The lowest BCUT2D eigenvalue weighted by Gasteiger charge is -2.34. The molecule has 3 aromatic rings. The Morgan fingerprint density at radius 2 is 2.16 bits per heavy atom. The van der Waals surface area contributed by atoms with Crippen LogP contribution in [0, 0.1) is 0 Å². The SMILES string of the molecule is COc1cc2ocnc2cc1CNC1CCCNC1c1ccccc1. The fourth-order valence-corrected chi connectivity index (χ4v) is 3.62. The number of aromatic nitrogens is 1. The van der Waals surface area contributed by atoms with Crippen LogP contribution in [0.15, 0.2) is 53.3 Å². The van der Waals surface area contributed by atoms with Crippen molar-refractivity contribution in [3.63, 3.8) is 0 Å². The van der Waals surface area contributed by atoms with Gasteiger partial charge in [-0.05, 0) is 31.0 Å². The summed E-state index contributed by atoms with van der Waals surface area (Å²) in [7, 11) is 1.69. The van der Waals surface area contributed by atoms with Crippen LogP contribution in [0.3, 0.4) is 0 Å². The molecule has 0 radical (unpaired) electrons. The van der Waals surface area contributed by atoms with Crippen molar-refractivity contribution in [3.8, 4) is 5.75 Å². The third-order valence-electron chi connectivity index (χ3n) is 4.91. The number of ether oxygens (including phenoxy) is 1. The molecule has 2 heterocycles. The van der Waals surface area contributed by atoms with Crippen LogP contribution in [0.4, 0.5) is 0 Å². The largest absolute Gasteiger partial charge is 0.496 e. The standard InChI is InChI=1S/C20H23N3O2/c1-24-18-11-19-17(23-13-25-19)10-15(18)12-22-16-8-5-9-21-20(16)14-6-3-2-4-7-14/h2-4,6-7,10-11,13,16,20-22H,5,8-9,12H2,1H3. The quantitative estimate of drug-likeness (QED) is 0.747. The average Bonchev–Trinajstić information content (AvgIpc) is 3.13. The molecule has 0 aliphatic carbocycles. The molecule has 2 aromatic carbocycles. The van der Waals surface area contributed by atoms with Crippen molar-refractivity contribution >= 4 is 11.1 Å². The van der Waals surface area contributed by atoms with Gasteiger partial charge in [-0.25, -0.2) is 4.98 Å². The number of piperidine rings is 1. The number of fused-ring (bicyclic) bond motifs is 1. The van der Waals surface area contributed by atoms with Crippen molar-refractivity contribution in [2.24, 2.45) is 0 Å². The number of hydrogen-bond acceptors (Lipinski definition) is 5. The number of oxazole rings is 1. The zero-order valence-electron chi connectivity index (χ0n) is 14.4. The molecular weight excluding hydrogens is 314 g/mol. The molecule has 0 amide bonds. The molecule has 25 heavy (non-hydrogen) atoms. The molecule has 130 valence electrons. The first-order valence-corrected chi connectivity index (χ1v) is 8.77. The van der Waals surface area contributed by atoms with E-state index in [0.29, 0.717) is 12.1 Å². The van der Waals surface area contributed by atoms with E-state index in [9.17, 15) is 0 Å². The third-order valence-corrected chi connectivity index (χ3v) is 4.91. The predicted octanol–water partition coefficient (Wildman–Crippen LogP) is 3.42. The minimum atomic E-state index is 0.330. The summed E-state index contributed by atoms with van der Waals surface area (Å²) in [5.41, 5.74) is 4.04. The van der Waals surface area contributed by atoms with Crippen molar-refractivity contribution < 1.29 is 9.15 Å². The second-order valence-corrected chi connectivity index (χ2v) is 6.46. The maximum absolute atomic E-state index is 5.53. The third kappa shape index (κ3) is 3.38. The van der Waals surface area contributed by atoms with Crippen LogP contribution in [0.1, 0.15) is 30.0 Å². The van der Waals surface area contributed by atoms with E-state index in [4.69, 9.17) is 9.15 Å². The molecule has 5 heteroatoms. The Morgan fingerprint density at radius 1 is 1.28 bits per heavy atom. The van der Waals surface area contributed by atoms with Crippen LogP contribution in [0.2, 0.25) is 0 Å². The smallest absolute Gasteiger partial charge is 0.181 e. The first-order valence-electron chi connectivity index (χ1n) is 8.77. The van der Waals surface area contributed by atoms with Gasteiger partial charge < -0.3 is 19.8 Å². The maximum Gasteiger partial charge on any atom is 0.181 e. The summed E-state index contributed by atoms with van der Waals surface area (Å²) >= 11 is 0. The fraction of sp³-hybridized carbons (Fsp3) is 0.350. The van der Waals surface area contributed by atoms with Gasteiger partial charge >= 0.3 is 0 Å². The summed E-state index contributed by atoms with van der Waals surface area (Å²) in [6, 6.07) is 15.3. The highest BCUT2D eigenvalue weighted by Crippen LogP contribution is 2.27. The first-order chi connectivity index (χ1) is 12.3. The highest BCUT2D eigenvalue weighted by molar-refractivity contribution is 5.75. The Balaban J connectivity index is 1.53. The lowest BCUT2D eigenvalue weighted by atomic mass is 9.92. The summed E-state index contributed by atoms with van der Waals surface area (Å²) in [4.78, 5) is 4.25. The van der Waals surface area contributed by atoms with Crippen LogP contribution in [0.5, 0.6) is 5.75 Å². The average molecular weight is 337 g/mol. The van der Waals surface area contributed by atoms with Gasteiger partial charge in [-0.2, -0.15) is 0 Å². The van der Waals surface area contributed by atoms with Gasteiger partial charge in [-0.1, -0.05) is 30.3 Å². The molecule has 2 unspecified atom stereocenters. The monoisotopic (exact) mass is 337 g/mol. The number of nitrogens with zero attached hydrogens (tertiary/aromatic N) is 1. The summed E-state index contributed by atoms with van der Waals surface area (Å²) in [6.07, 6.45) is 3.80. The van der Waals surface area contributed by atoms with Gasteiger partial charge in [0.15, 0.2) is 12.0 Å². The molecule has 1 fully saturated rings. The lowest BCUT2D eigenvalue weighted by molar-refractivity contribution is 0.303. The van der Waals surface area contributed by atoms with Crippen molar-refractivity contribution in [1.29, 1.82) is 0 Å². The molecule has 0 spiro atoms. The number of hydrogen-bond donors (Lipinski definition) is 2. The summed E-state index contributed by atoms with van der Waals surface area (Å²) in [5, 5.41) is 7.37. The van der Waals surface area contributed by atoms with Crippen molar-refractivity contribution in [3.05, 3.63) is 60.0 Å². The Bertz CT molecular complexity index is 831. The zero-order valence-corrected chi connectivity index (χ0v) is 14.4. The van der Waals surface area contributed by atoms with E-state index >= 15 is 0 Å². The van der Waals surface area contributed by atoms with Crippen LogP contribution in [-0.2, 0) is 6.54 Å². The van der Waals surface area contributed by atoms with E-state index in [1.54, 1.807) is 7.11 Å². The predicted molar refractivity (Wildman–Crippen MR) is 97.6 cm³/mol. The second kappa shape index (κ2) is 7.25. The Hall–Kier alpha value is -2.37. The van der Waals surface area contributed by atoms with Gasteiger partial charge in [0.1, 0.15) is 11.3 Å². The molecule has 4 rings (SSSR count). The normalized spacial score (nSPS) is 20.7. The summed E-state index contributed by atoms with van der Waals surface area (Å²) in [5.74, 6) is 0.830. The maximum atomic E-state index is 5.53. The van der Waals surface area contributed by atoms with Gasteiger partial charge in [0.2, 0.25) is 0 Å².